The van der Waals surface area contributed by atoms with Crippen LogP contribution in [-0.2, 0) is 16.0 Å². The third kappa shape index (κ3) is 7.30. The van der Waals surface area contributed by atoms with Crippen LogP contribution >= 0.6 is 12.4 Å². The van der Waals surface area contributed by atoms with Crippen molar-refractivity contribution in [3.8, 4) is 5.75 Å². The number of carbonyl (C=O) groups excluding carboxylic acids is 2. The molecule has 0 bridgehead atoms. The number of nitrogens with two attached hydrogens (primary N) is 1. The Bertz CT molecular complexity index is 619. The highest BCUT2D eigenvalue weighted by Gasteiger charge is 2.27. The second kappa shape index (κ2) is 11.7. The first-order valence-electron chi connectivity index (χ1n) is 8.80. The SMILES string of the molecule is Cl.NCCC(=O)NCC1CCCCN1C(=O)Cc1ccccc1OC(F)F. The molecule has 2 rings (SSSR count). The number of nitrogens with zero attached hydrogens (tertiary/aromatic N) is 1. The lowest BCUT2D eigenvalue weighted by molar-refractivity contribution is -0.134. The molecule has 27 heavy (non-hydrogen) atoms. The van der Waals surface area contributed by atoms with Gasteiger partial charge in [0.05, 0.1) is 6.42 Å². The normalized spacial score (nSPS) is 16.6. The number of amides is 2. The van der Waals surface area contributed by atoms with Gasteiger partial charge in [0.2, 0.25) is 11.8 Å². The number of carbonyl (C=O) groups is 2. The smallest absolute Gasteiger partial charge is 0.387 e. The number of para-hydroxylation sites is 1. The maximum Gasteiger partial charge on any atom is 0.387 e. The Labute approximate surface area is 163 Å². The van der Waals surface area contributed by atoms with Crippen molar-refractivity contribution in [3.63, 3.8) is 0 Å². The lowest BCUT2D eigenvalue weighted by atomic mass is 10.0. The molecule has 6 nitrogen and oxygen atoms in total. The molecule has 0 radical (unpaired) electrons. The van der Waals surface area contributed by atoms with Gasteiger partial charge in [0.25, 0.3) is 0 Å². The fraction of sp³-hybridized carbons (Fsp3) is 0.556. The Balaban J connectivity index is 0.00000364. The van der Waals surface area contributed by atoms with Crippen LogP contribution in [0.2, 0.25) is 0 Å². The molecule has 1 atom stereocenters. The molecule has 1 aliphatic rings. The second-order valence-electron chi connectivity index (χ2n) is 6.24. The largest absolute Gasteiger partial charge is 0.435 e. The molecule has 2 amide bonds. The Hall–Kier alpha value is -1.93. The van der Waals surface area contributed by atoms with Crippen molar-refractivity contribution in [2.24, 2.45) is 5.73 Å². The van der Waals surface area contributed by atoms with Gasteiger partial charge < -0.3 is 20.7 Å². The number of piperidine rings is 1. The summed E-state index contributed by atoms with van der Waals surface area (Å²) in [5.74, 6) is -0.283. The van der Waals surface area contributed by atoms with E-state index >= 15 is 0 Å². The van der Waals surface area contributed by atoms with E-state index in [1.165, 1.54) is 6.07 Å². The Morgan fingerprint density at radius 3 is 2.74 bits per heavy atom. The van der Waals surface area contributed by atoms with Crippen molar-refractivity contribution in [1.82, 2.24) is 10.2 Å². The average molecular weight is 406 g/mol. The summed E-state index contributed by atoms with van der Waals surface area (Å²) in [6.07, 6.45) is 2.89. The molecular weight excluding hydrogens is 380 g/mol. The quantitative estimate of drug-likeness (QED) is 0.693. The molecule has 1 aromatic rings. The molecule has 0 aromatic heterocycles. The Kier molecular flexibility index (Phi) is 10.0. The van der Waals surface area contributed by atoms with Gasteiger partial charge in [-0.25, -0.2) is 0 Å². The predicted octanol–water partition coefficient (Wildman–Crippen LogP) is 2.10. The molecule has 3 N–H and O–H groups in total. The van der Waals surface area contributed by atoms with Crippen molar-refractivity contribution < 1.29 is 23.1 Å². The molecule has 1 aromatic carbocycles. The van der Waals surface area contributed by atoms with E-state index in [1.54, 1.807) is 23.1 Å². The summed E-state index contributed by atoms with van der Waals surface area (Å²) in [5, 5.41) is 2.80. The van der Waals surface area contributed by atoms with Gasteiger partial charge in [-0.3, -0.25) is 9.59 Å². The molecule has 1 heterocycles. The van der Waals surface area contributed by atoms with E-state index in [-0.39, 0.29) is 55.4 Å². The van der Waals surface area contributed by atoms with Gasteiger partial charge in [0.1, 0.15) is 5.75 Å². The highest BCUT2D eigenvalue weighted by atomic mass is 35.5. The van der Waals surface area contributed by atoms with Crippen molar-refractivity contribution in [2.75, 3.05) is 19.6 Å². The van der Waals surface area contributed by atoms with Gasteiger partial charge in [-0.1, -0.05) is 18.2 Å². The summed E-state index contributed by atoms with van der Waals surface area (Å²) in [6.45, 7) is -1.69. The van der Waals surface area contributed by atoms with Gasteiger partial charge in [-0.15, -0.1) is 12.4 Å². The van der Waals surface area contributed by atoms with Crippen LogP contribution in [0.3, 0.4) is 0 Å². The van der Waals surface area contributed by atoms with Crippen LogP contribution in [0.25, 0.3) is 0 Å². The maximum absolute atomic E-state index is 12.7. The van der Waals surface area contributed by atoms with Gasteiger partial charge >= 0.3 is 6.61 Å². The average Bonchev–Trinajstić information content (AvgIpc) is 2.61. The lowest BCUT2D eigenvalue weighted by Crippen LogP contribution is -2.50. The van der Waals surface area contributed by atoms with Crippen molar-refractivity contribution in [1.29, 1.82) is 0 Å². The summed E-state index contributed by atoms with van der Waals surface area (Å²) in [6, 6.07) is 6.21. The van der Waals surface area contributed by atoms with Crippen LogP contribution in [0.15, 0.2) is 24.3 Å². The van der Waals surface area contributed by atoms with E-state index in [4.69, 9.17) is 5.73 Å². The first-order valence-corrected chi connectivity index (χ1v) is 8.80. The van der Waals surface area contributed by atoms with E-state index < -0.39 is 6.61 Å². The molecule has 1 aliphatic heterocycles. The number of rotatable bonds is 8. The van der Waals surface area contributed by atoms with E-state index in [2.05, 4.69) is 10.1 Å². The Morgan fingerprint density at radius 2 is 2.04 bits per heavy atom. The summed E-state index contributed by atoms with van der Waals surface area (Å²) in [7, 11) is 0. The zero-order chi connectivity index (χ0) is 18.9. The zero-order valence-electron chi connectivity index (χ0n) is 15.0. The van der Waals surface area contributed by atoms with E-state index in [1.807, 2.05) is 0 Å². The Morgan fingerprint density at radius 1 is 1.30 bits per heavy atom. The molecule has 1 saturated heterocycles. The lowest BCUT2D eigenvalue weighted by Gasteiger charge is -2.36. The summed E-state index contributed by atoms with van der Waals surface area (Å²) < 4.78 is 29.5. The molecule has 0 aliphatic carbocycles. The van der Waals surface area contributed by atoms with Gasteiger partial charge in [-0.05, 0) is 25.3 Å². The first kappa shape index (κ1) is 23.1. The number of alkyl halides is 2. The monoisotopic (exact) mass is 405 g/mol. The first-order chi connectivity index (χ1) is 12.5. The molecule has 9 heteroatoms. The topological polar surface area (TPSA) is 84.7 Å². The highest BCUT2D eigenvalue weighted by Crippen LogP contribution is 2.23. The fourth-order valence-electron chi connectivity index (χ4n) is 3.12. The van der Waals surface area contributed by atoms with Crippen molar-refractivity contribution in [3.05, 3.63) is 29.8 Å². The minimum atomic E-state index is -2.94. The van der Waals surface area contributed by atoms with E-state index in [9.17, 15) is 18.4 Å². The number of hydrogen-bond donors (Lipinski definition) is 2. The van der Waals surface area contributed by atoms with Crippen molar-refractivity contribution >= 4 is 24.2 Å². The second-order valence-corrected chi connectivity index (χ2v) is 6.24. The van der Waals surface area contributed by atoms with Gasteiger partial charge in [0, 0.05) is 37.7 Å². The number of hydrogen-bond acceptors (Lipinski definition) is 4. The number of benzene rings is 1. The summed E-state index contributed by atoms with van der Waals surface area (Å²) in [4.78, 5) is 26.1. The van der Waals surface area contributed by atoms with Crippen molar-refractivity contribution in [2.45, 2.75) is 44.8 Å². The number of likely N-dealkylation sites (tertiary alicyclic amines) is 1. The van der Waals surface area contributed by atoms with Crippen LogP contribution < -0.4 is 15.8 Å². The molecule has 0 saturated carbocycles. The van der Waals surface area contributed by atoms with Crippen LogP contribution in [0.4, 0.5) is 8.78 Å². The third-order valence-electron chi connectivity index (χ3n) is 4.38. The van der Waals surface area contributed by atoms with Crippen LogP contribution in [0, 0.1) is 0 Å². The van der Waals surface area contributed by atoms with Gasteiger partial charge in [0.15, 0.2) is 0 Å². The van der Waals surface area contributed by atoms with E-state index in [0.717, 1.165) is 19.3 Å². The maximum atomic E-state index is 12.7. The van der Waals surface area contributed by atoms with E-state index in [0.29, 0.717) is 18.7 Å². The van der Waals surface area contributed by atoms with Gasteiger partial charge in [-0.2, -0.15) is 8.78 Å². The number of ether oxygens (including phenoxy) is 1. The van der Waals surface area contributed by atoms with Crippen LogP contribution in [0.5, 0.6) is 5.75 Å². The fourth-order valence-corrected chi connectivity index (χ4v) is 3.12. The zero-order valence-corrected chi connectivity index (χ0v) is 15.9. The molecular formula is C18H26ClF2N3O3. The highest BCUT2D eigenvalue weighted by molar-refractivity contribution is 5.85. The molecule has 1 unspecified atom stereocenters. The standard InChI is InChI=1S/C18H25F2N3O3.ClH/c19-18(20)26-15-7-2-1-5-13(15)11-17(25)23-10-4-3-6-14(23)12-22-16(24)8-9-21;/h1-2,5,7,14,18H,3-4,6,8-12,21H2,(H,22,24);1H. The van der Waals surface area contributed by atoms with Crippen LogP contribution in [0.1, 0.15) is 31.2 Å². The minimum Gasteiger partial charge on any atom is -0.435 e. The molecule has 0 spiro atoms. The summed E-state index contributed by atoms with van der Waals surface area (Å²) in [5.41, 5.74) is 5.78. The van der Waals surface area contributed by atoms with Crippen LogP contribution in [-0.4, -0.2) is 49.0 Å². The molecule has 152 valence electrons. The number of nitrogens with one attached hydrogen (secondary N) is 1. The third-order valence-corrected chi connectivity index (χ3v) is 4.38. The summed E-state index contributed by atoms with van der Waals surface area (Å²) >= 11 is 0. The predicted molar refractivity (Wildman–Crippen MR) is 100 cm³/mol. The molecule has 1 fully saturated rings. The minimum absolute atomic E-state index is 0. The number of halogens is 3.